The van der Waals surface area contributed by atoms with E-state index in [4.69, 9.17) is 5.73 Å². The molecule has 0 saturated carbocycles. The van der Waals surface area contributed by atoms with Crippen LogP contribution in [-0.2, 0) is 13.1 Å². The zero-order valence-electron chi connectivity index (χ0n) is 13.1. The second-order valence-electron chi connectivity index (χ2n) is 5.86. The molecular formula is C16H24N6. The fraction of sp³-hybridized carbons (Fsp3) is 0.562. The van der Waals surface area contributed by atoms with Gasteiger partial charge in [-0.3, -0.25) is 4.90 Å². The van der Waals surface area contributed by atoms with Crippen molar-refractivity contribution in [3.63, 3.8) is 0 Å². The Morgan fingerprint density at radius 3 is 3.00 bits per heavy atom. The van der Waals surface area contributed by atoms with Crippen molar-refractivity contribution in [1.29, 1.82) is 0 Å². The maximum Gasteiger partial charge on any atom is 0.220 e. The summed E-state index contributed by atoms with van der Waals surface area (Å²) >= 11 is 0. The van der Waals surface area contributed by atoms with E-state index in [2.05, 4.69) is 37.5 Å². The average molecular weight is 300 g/mol. The first-order valence-electron chi connectivity index (χ1n) is 8.10. The molecule has 0 amide bonds. The van der Waals surface area contributed by atoms with Gasteiger partial charge in [0.2, 0.25) is 5.95 Å². The topological polar surface area (TPSA) is 72.9 Å². The molecule has 118 valence electrons. The van der Waals surface area contributed by atoms with Gasteiger partial charge in [0, 0.05) is 25.1 Å². The van der Waals surface area contributed by atoms with E-state index in [1.165, 1.54) is 12.8 Å². The Morgan fingerprint density at radius 2 is 2.18 bits per heavy atom. The molecule has 1 aliphatic heterocycles. The molecule has 1 saturated heterocycles. The van der Waals surface area contributed by atoms with Crippen molar-refractivity contribution >= 4 is 5.95 Å². The molecule has 2 aromatic rings. The van der Waals surface area contributed by atoms with Crippen molar-refractivity contribution < 1.29 is 0 Å². The number of nitrogens with two attached hydrogens (primary N) is 1. The van der Waals surface area contributed by atoms with E-state index < -0.39 is 0 Å². The van der Waals surface area contributed by atoms with E-state index in [1.54, 1.807) is 6.20 Å². The van der Waals surface area contributed by atoms with Crippen LogP contribution in [0.3, 0.4) is 0 Å². The van der Waals surface area contributed by atoms with Crippen LogP contribution in [0.1, 0.15) is 50.2 Å². The zero-order chi connectivity index (χ0) is 15.4. The summed E-state index contributed by atoms with van der Waals surface area (Å²) in [5, 5.41) is 0. The number of hydrogen-bond donors (Lipinski definition) is 1. The molecule has 3 heterocycles. The molecule has 0 unspecified atom stereocenters. The Morgan fingerprint density at radius 1 is 1.27 bits per heavy atom. The SMILES string of the molecule is CCCn1ccnc1CN1CCCC[C@H]1c1ccnc(N)n1. The van der Waals surface area contributed by atoms with Crippen LogP contribution < -0.4 is 5.73 Å². The highest BCUT2D eigenvalue weighted by molar-refractivity contribution is 5.20. The highest BCUT2D eigenvalue weighted by Gasteiger charge is 2.26. The van der Waals surface area contributed by atoms with Gasteiger partial charge in [0.25, 0.3) is 0 Å². The summed E-state index contributed by atoms with van der Waals surface area (Å²) in [6.07, 6.45) is 10.4. The Hall–Kier alpha value is -1.95. The minimum atomic E-state index is 0.311. The molecule has 2 N–H and O–H groups in total. The molecule has 2 aromatic heterocycles. The smallest absolute Gasteiger partial charge is 0.220 e. The molecule has 0 aromatic carbocycles. The van der Waals surface area contributed by atoms with Gasteiger partial charge < -0.3 is 10.3 Å². The third-order valence-corrected chi connectivity index (χ3v) is 4.26. The molecular weight excluding hydrogens is 276 g/mol. The highest BCUT2D eigenvalue weighted by atomic mass is 15.2. The average Bonchev–Trinajstić information content (AvgIpc) is 2.95. The van der Waals surface area contributed by atoms with Crippen molar-refractivity contribution in [1.82, 2.24) is 24.4 Å². The van der Waals surface area contributed by atoms with Gasteiger partial charge in [-0.15, -0.1) is 0 Å². The van der Waals surface area contributed by atoms with Crippen molar-refractivity contribution in [2.24, 2.45) is 0 Å². The number of aromatic nitrogens is 4. The summed E-state index contributed by atoms with van der Waals surface area (Å²) in [7, 11) is 0. The lowest BCUT2D eigenvalue weighted by atomic mass is 9.99. The van der Waals surface area contributed by atoms with E-state index in [0.717, 1.165) is 44.0 Å². The number of piperidine rings is 1. The number of nitrogens with zero attached hydrogens (tertiary/aromatic N) is 5. The van der Waals surface area contributed by atoms with Crippen LogP contribution in [0, 0.1) is 0 Å². The molecule has 0 radical (unpaired) electrons. The number of imidazole rings is 1. The van der Waals surface area contributed by atoms with Crippen molar-refractivity contribution in [2.45, 2.75) is 51.7 Å². The van der Waals surface area contributed by atoms with Gasteiger partial charge in [-0.2, -0.15) is 0 Å². The largest absolute Gasteiger partial charge is 0.368 e. The van der Waals surface area contributed by atoms with E-state index in [0.29, 0.717) is 12.0 Å². The molecule has 1 atom stereocenters. The van der Waals surface area contributed by atoms with Gasteiger partial charge in [0.15, 0.2) is 0 Å². The first-order valence-corrected chi connectivity index (χ1v) is 8.10. The molecule has 0 aliphatic carbocycles. The van der Waals surface area contributed by atoms with Gasteiger partial charge >= 0.3 is 0 Å². The maximum absolute atomic E-state index is 5.75. The zero-order valence-corrected chi connectivity index (χ0v) is 13.1. The number of nitrogen functional groups attached to an aromatic ring is 1. The molecule has 0 spiro atoms. The maximum atomic E-state index is 5.75. The van der Waals surface area contributed by atoms with Crippen LogP contribution in [0.2, 0.25) is 0 Å². The van der Waals surface area contributed by atoms with Gasteiger partial charge in [-0.1, -0.05) is 13.3 Å². The molecule has 3 rings (SSSR count). The summed E-state index contributed by atoms with van der Waals surface area (Å²) in [6.45, 7) is 5.15. The van der Waals surface area contributed by atoms with E-state index in [-0.39, 0.29) is 0 Å². The van der Waals surface area contributed by atoms with E-state index >= 15 is 0 Å². The van der Waals surface area contributed by atoms with Crippen molar-refractivity contribution in [3.05, 3.63) is 36.2 Å². The lowest BCUT2D eigenvalue weighted by Gasteiger charge is -2.35. The minimum absolute atomic E-state index is 0.311. The van der Waals surface area contributed by atoms with Gasteiger partial charge in [-0.05, 0) is 31.9 Å². The van der Waals surface area contributed by atoms with E-state index in [9.17, 15) is 0 Å². The van der Waals surface area contributed by atoms with Crippen LogP contribution in [0.15, 0.2) is 24.7 Å². The Labute approximate surface area is 131 Å². The fourth-order valence-electron chi connectivity index (χ4n) is 3.21. The first kappa shape index (κ1) is 15.0. The van der Waals surface area contributed by atoms with Crippen LogP contribution >= 0.6 is 0 Å². The normalized spacial score (nSPS) is 19.4. The quantitative estimate of drug-likeness (QED) is 0.918. The standard InChI is InChI=1S/C16H24N6/c1-2-9-21-11-8-18-15(21)12-22-10-4-3-5-14(22)13-6-7-19-16(17)20-13/h6-8,11,14H,2-5,9-10,12H2,1H3,(H2,17,19,20)/t14-/m0/s1. The number of hydrogen-bond acceptors (Lipinski definition) is 5. The Bertz CT molecular complexity index is 608. The van der Waals surface area contributed by atoms with Crippen LogP contribution in [0.4, 0.5) is 5.95 Å². The monoisotopic (exact) mass is 300 g/mol. The summed E-state index contributed by atoms with van der Waals surface area (Å²) in [6, 6.07) is 2.29. The van der Waals surface area contributed by atoms with Crippen LogP contribution in [0.5, 0.6) is 0 Å². The molecule has 1 aliphatic rings. The number of rotatable bonds is 5. The van der Waals surface area contributed by atoms with Crippen LogP contribution in [0.25, 0.3) is 0 Å². The Kier molecular flexibility index (Phi) is 4.68. The summed E-state index contributed by atoms with van der Waals surface area (Å²) in [5.74, 6) is 1.49. The predicted octanol–water partition coefficient (Wildman–Crippen LogP) is 2.39. The highest BCUT2D eigenvalue weighted by Crippen LogP contribution is 2.30. The summed E-state index contributed by atoms with van der Waals surface area (Å²) < 4.78 is 2.25. The summed E-state index contributed by atoms with van der Waals surface area (Å²) in [5.41, 5.74) is 6.78. The molecule has 1 fully saturated rings. The molecule has 0 bridgehead atoms. The summed E-state index contributed by atoms with van der Waals surface area (Å²) in [4.78, 5) is 15.4. The lowest BCUT2D eigenvalue weighted by molar-refractivity contribution is 0.132. The van der Waals surface area contributed by atoms with Gasteiger partial charge in [0.1, 0.15) is 5.82 Å². The third kappa shape index (κ3) is 3.27. The van der Waals surface area contributed by atoms with Gasteiger partial charge in [-0.25, -0.2) is 15.0 Å². The minimum Gasteiger partial charge on any atom is -0.368 e. The second kappa shape index (κ2) is 6.87. The van der Waals surface area contributed by atoms with E-state index in [1.807, 2.05) is 12.3 Å². The number of aryl methyl sites for hydroxylation is 1. The Balaban J connectivity index is 1.79. The van der Waals surface area contributed by atoms with Crippen LogP contribution in [-0.4, -0.2) is 31.0 Å². The number of likely N-dealkylation sites (tertiary alicyclic amines) is 1. The fourth-order valence-corrected chi connectivity index (χ4v) is 3.21. The first-order chi connectivity index (χ1) is 10.8. The second-order valence-corrected chi connectivity index (χ2v) is 5.86. The van der Waals surface area contributed by atoms with Crippen molar-refractivity contribution in [3.8, 4) is 0 Å². The number of anilines is 1. The molecule has 6 nitrogen and oxygen atoms in total. The molecule has 6 heteroatoms. The molecule has 22 heavy (non-hydrogen) atoms. The van der Waals surface area contributed by atoms with Gasteiger partial charge in [0.05, 0.1) is 18.3 Å². The predicted molar refractivity (Wildman–Crippen MR) is 86.0 cm³/mol. The lowest BCUT2D eigenvalue weighted by Crippen LogP contribution is -2.34. The van der Waals surface area contributed by atoms with Crippen molar-refractivity contribution in [2.75, 3.05) is 12.3 Å². The third-order valence-electron chi connectivity index (χ3n) is 4.26.